The zero-order chi connectivity index (χ0) is 19.4. The van der Waals surface area contributed by atoms with Gasteiger partial charge in [0.15, 0.2) is 0 Å². The smallest absolute Gasteiger partial charge is 0.131 e. The van der Waals surface area contributed by atoms with Gasteiger partial charge in [-0.15, -0.1) is 0 Å². The number of hydrogen-bond acceptors (Lipinski definition) is 4. The van der Waals surface area contributed by atoms with Gasteiger partial charge in [0, 0.05) is 35.9 Å². The lowest BCUT2D eigenvalue weighted by atomic mass is 9.92. The second-order valence-corrected chi connectivity index (χ2v) is 7.20. The molecule has 1 heterocycles. The van der Waals surface area contributed by atoms with Crippen molar-refractivity contribution < 1.29 is 4.39 Å². The molecule has 2 aromatic carbocycles. The van der Waals surface area contributed by atoms with Crippen molar-refractivity contribution in [2.45, 2.75) is 45.7 Å². The number of halogens is 1. The molecule has 0 aliphatic carbocycles. The van der Waals surface area contributed by atoms with Crippen LogP contribution in [0, 0.1) is 12.7 Å². The van der Waals surface area contributed by atoms with E-state index in [0.29, 0.717) is 24.5 Å². The number of nitrogens with two attached hydrogens (primary N) is 2. The fraction of sp³-hybridized carbons (Fsp3) is 0.364. The summed E-state index contributed by atoms with van der Waals surface area (Å²) in [5, 5.41) is 6.75. The third-order valence-corrected chi connectivity index (χ3v) is 5.11. The molecule has 6 N–H and O–H groups in total. The molecule has 0 saturated carbocycles. The van der Waals surface area contributed by atoms with Gasteiger partial charge in [-0.05, 0) is 54.3 Å². The molecule has 3 rings (SSSR count). The molecule has 0 amide bonds. The summed E-state index contributed by atoms with van der Waals surface area (Å²) in [6, 6.07) is 9.43. The molecule has 0 spiro atoms. The van der Waals surface area contributed by atoms with E-state index in [4.69, 9.17) is 11.5 Å². The highest BCUT2D eigenvalue weighted by Gasteiger charge is 2.18. The summed E-state index contributed by atoms with van der Waals surface area (Å²) < 4.78 is 14.6. The Morgan fingerprint density at radius 1 is 1.30 bits per heavy atom. The number of nitrogens with one attached hydrogen (secondary N) is 2. The molecular formula is C22H29FN4. The van der Waals surface area contributed by atoms with Crippen LogP contribution in [0.2, 0.25) is 0 Å². The normalized spacial score (nSPS) is 14.1. The Bertz CT molecular complexity index is 824. The summed E-state index contributed by atoms with van der Waals surface area (Å²) in [5.74, 6) is 0.430. The molecular weight excluding hydrogens is 339 g/mol. The van der Waals surface area contributed by atoms with Crippen molar-refractivity contribution >= 4 is 11.8 Å². The lowest BCUT2D eigenvalue weighted by Gasteiger charge is -2.25. The zero-order valence-corrected chi connectivity index (χ0v) is 16.1. The Kier molecular flexibility index (Phi) is 6.01. The van der Waals surface area contributed by atoms with Crippen LogP contribution in [0.5, 0.6) is 0 Å². The van der Waals surface area contributed by atoms with Gasteiger partial charge in [-0.3, -0.25) is 0 Å². The van der Waals surface area contributed by atoms with E-state index >= 15 is 0 Å². The zero-order valence-electron chi connectivity index (χ0n) is 16.1. The van der Waals surface area contributed by atoms with Gasteiger partial charge in [0.2, 0.25) is 0 Å². The van der Waals surface area contributed by atoms with E-state index in [1.165, 1.54) is 6.07 Å². The van der Waals surface area contributed by atoms with Crippen LogP contribution in [0.1, 0.15) is 42.9 Å². The lowest BCUT2D eigenvalue weighted by Crippen LogP contribution is -2.30. The maximum atomic E-state index is 14.6. The van der Waals surface area contributed by atoms with Gasteiger partial charge in [0.1, 0.15) is 5.82 Å². The number of unbranched alkanes of at least 4 members (excludes halogenated alkanes) is 1. The molecule has 0 radical (unpaired) electrons. The summed E-state index contributed by atoms with van der Waals surface area (Å²) in [6.45, 7) is 5.28. The Balaban J connectivity index is 2.08. The molecule has 0 fully saturated rings. The van der Waals surface area contributed by atoms with Crippen molar-refractivity contribution in [1.29, 1.82) is 0 Å². The molecule has 2 aromatic rings. The second-order valence-electron chi connectivity index (χ2n) is 7.20. The summed E-state index contributed by atoms with van der Waals surface area (Å²) in [5.41, 5.74) is 17.5. The molecule has 4 nitrogen and oxygen atoms in total. The molecule has 27 heavy (non-hydrogen) atoms. The quantitative estimate of drug-likeness (QED) is 0.594. The van der Waals surface area contributed by atoms with E-state index in [1.807, 2.05) is 31.2 Å². The van der Waals surface area contributed by atoms with Gasteiger partial charge in [-0.25, -0.2) is 4.39 Å². The second kappa shape index (κ2) is 8.44. The van der Waals surface area contributed by atoms with Crippen LogP contribution in [0.3, 0.4) is 0 Å². The van der Waals surface area contributed by atoms with Gasteiger partial charge in [0.05, 0.1) is 5.82 Å². The van der Waals surface area contributed by atoms with E-state index in [1.54, 1.807) is 6.07 Å². The minimum Gasteiger partial charge on any atom is -0.386 e. The summed E-state index contributed by atoms with van der Waals surface area (Å²) in [6.07, 6.45) is 5.18. The first kappa shape index (κ1) is 19.2. The minimum atomic E-state index is -0.207. The first-order chi connectivity index (χ1) is 13.0. The van der Waals surface area contributed by atoms with Crippen molar-refractivity contribution in [2.24, 2.45) is 11.5 Å². The average Bonchev–Trinajstić information content (AvgIpc) is 2.65. The predicted molar refractivity (Wildman–Crippen MR) is 112 cm³/mol. The molecule has 1 aliphatic heterocycles. The molecule has 0 aromatic heterocycles. The Morgan fingerprint density at radius 3 is 2.81 bits per heavy atom. The average molecular weight is 369 g/mol. The minimum absolute atomic E-state index is 0.176. The maximum Gasteiger partial charge on any atom is 0.131 e. The van der Waals surface area contributed by atoms with E-state index in [9.17, 15) is 4.39 Å². The van der Waals surface area contributed by atoms with Gasteiger partial charge >= 0.3 is 0 Å². The number of benzene rings is 2. The lowest BCUT2D eigenvalue weighted by molar-refractivity contribution is 0.614. The van der Waals surface area contributed by atoms with Crippen LogP contribution in [-0.4, -0.2) is 12.6 Å². The topological polar surface area (TPSA) is 76.1 Å². The van der Waals surface area contributed by atoms with Crippen molar-refractivity contribution in [3.8, 4) is 11.1 Å². The highest BCUT2D eigenvalue weighted by Crippen LogP contribution is 2.35. The first-order valence-corrected chi connectivity index (χ1v) is 9.63. The standard InChI is InChI=1S/C22H29FN4/c1-3-4-7-17(12-24)27-20-10-15(22-14(2)6-5-8-19(22)23)9-16-13-26-21(25)11-18(16)20/h5-6,8-11,17,26-27H,3-4,7,12-13,24-25H2,1-2H3/t17-/m1/s1. The van der Waals surface area contributed by atoms with Crippen LogP contribution in [0.4, 0.5) is 10.1 Å². The molecule has 1 aliphatic rings. The monoisotopic (exact) mass is 368 g/mol. The van der Waals surface area contributed by atoms with Crippen LogP contribution < -0.4 is 22.1 Å². The van der Waals surface area contributed by atoms with Crippen molar-refractivity contribution in [3.63, 3.8) is 0 Å². The van der Waals surface area contributed by atoms with E-state index in [0.717, 1.165) is 47.2 Å². The molecule has 1 atom stereocenters. The molecule has 5 heteroatoms. The molecule has 0 unspecified atom stereocenters. The van der Waals surface area contributed by atoms with Crippen molar-refractivity contribution in [3.05, 3.63) is 58.7 Å². The summed E-state index contributed by atoms with van der Waals surface area (Å²) in [4.78, 5) is 0. The van der Waals surface area contributed by atoms with Crippen LogP contribution in [-0.2, 0) is 6.54 Å². The van der Waals surface area contributed by atoms with Crippen LogP contribution >= 0.6 is 0 Å². The Morgan fingerprint density at radius 2 is 2.11 bits per heavy atom. The number of anilines is 1. The van der Waals surface area contributed by atoms with Gasteiger partial charge in [-0.2, -0.15) is 0 Å². The highest BCUT2D eigenvalue weighted by atomic mass is 19.1. The van der Waals surface area contributed by atoms with Gasteiger partial charge in [0.25, 0.3) is 0 Å². The third-order valence-electron chi connectivity index (χ3n) is 5.11. The number of aryl methyl sites for hydroxylation is 1. The third kappa shape index (κ3) is 4.25. The maximum absolute atomic E-state index is 14.6. The van der Waals surface area contributed by atoms with Gasteiger partial charge < -0.3 is 22.1 Å². The first-order valence-electron chi connectivity index (χ1n) is 9.63. The number of fused-ring (bicyclic) bond motifs is 1. The fourth-order valence-electron chi connectivity index (χ4n) is 3.61. The molecule has 0 saturated heterocycles. The van der Waals surface area contributed by atoms with E-state index in [-0.39, 0.29) is 11.9 Å². The SMILES string of the molecule is CCCC[C@H](CN)Nc1cc(-c2c(C)cccc2F)cc2c1C=C(N)NC2. The van der Waals surface area contributed by atoms with Crippen molar-refractivity contribution in [2.75, 3.05) is 11.9 Å². The summed E-state index contributed by atoms with van der Waals surface area (Å²) >= 11 is 0. The van der Waals surface area contributed by atoms with E-state index in [2.05, 4.69) is 17.6 Å². The highest BCUT2D eigenvalue weighted by molar-refractivity contribution is 5.80. The largest absolute Gasteiger partial charge is 0.386 e. The number of rotatable bonds is 7. The Labute approximate surface area is 160 Å². The van der Waals surface area contributed by atoms with Crippen LogP contribution in [0.15, 0.2) is 36.2 Å². The number of hydrogen-bond donors (Lipinski definition) is 4. The van der Waals surface area contributed by atoms with Crippen molar-refractivity contribution in [1.82, 2.24) is 5.32 Å². The fourth-order valence-corrected chi connectivity index (χ4v) is 3.61. The van der Waals surface area contributed by atoms with E-state index < -0.39 is 0 Å². The molecule has 0 bridgehead atoms. The van der Waals surface area contributed by atoms with Gasteiger partial charge in [-0.1, -0.05) is 31.9 Å². The predicted octanol–water partition coefficient (Wildman–Crippen LogP) is 4.09. The summed E-state index contributed by atoms with van der Waals surface area (Å²) in [7, 11) is 0. The Hall–Kier alpha value is -2.53. The molecule has 144 valence electrons. The van der Waals surface area contributed by atoms with Crippen LogP contribution in [0.25, 0.3) is 17.2 Å².